The molecule has 4 rings (SSSR count). The minimum Gasteiger partial charge on any atom is -0.397 e. The summed E-state index contributed by atoms with van der Waals surface area (Å²) in [5, 5.41) is 5.68. The molecule has 30 heavy (non-hydrogen) atoms. The normalized spacial score (nSPS) is 18.0. The zero-order valence-electron chi connectivity index (χ0n) is 18.4. The number of nitrogens with zero attached hydrogens (tertiary/aromatic N) is 4. The quantitative estimate of drug-likeness (QED) is 0.702. The molecule has 2 atom stereocenters. The third kappa shape index (κ3) is 3.78. The number of nitrogens with two attached hydrogens (primary N) is 1. The summed E-state index contributed by atoms with van der Waals surface area (Å²) in [5.41, 5.74) is 12.3. The third-order valence-electron chi connectivity index (χ3n) is 6.52. The summed E-state index contributed by atoms with van der Waals surface area (Å²) in [4.78, 5) is 19.9. The molecule has 1 saturated heterocycles. The van der Waals surface area contributed by atoms with Crippen LogP contribution >= 0.6 is 0 Å². The van der Waals surface area contributed by atoms with Crippen molar-refractivity contribution in [2.45, 2.75) is 58.9 Å². The number of carbonyl (C=O) groups is 1. The van der Waals surface area contributed by atoms with Crippen molar-refractivity contribution in [3.8, 4) is 0 Å². The summed E-state index contributed by atoms with van der Waals surface area (Å²) >= 11 is 0. The number of hydrogen-bond donors (Lipinski definition) is 1. The van der Waals surface area contributed by atoms with Crippen molar-refractivity contribution in [1.82, 2.24) is 19.7 Å². The number of pyridine rings is 1. The van der Waals surface area contributed by atoms with Crippen LogP contribution < -0.4 is 5.73 Å². The van der Waals surface area contributed by atoms with Gasteiger partial charge in [0.25, 0.3) is 0 Å². The van der Waals surface area contributed by atoms with Gasteiger partial charge < -0.3 is 10.6 Å². The zero-order chi connectivity index (χ0) is 21.4. The Bertz CT molecular complexity index is 1090. The Morgan fingerprint density at radius 3 is 2.77 bits per heavy atom. The van der Waals surface area contributed by atoms with E-state index in [1.54, 1.807) is 0 Å². The predicted molar refractivity (Wildman–Crippen MR) is 120 cm³/mol. The Morgan fingerprint density at radius 1 is 1.27 bits per heavy atom. The van der Waals surface area contributed by atoms with E-state index in [0.29, 0.717) is 13.0 Å². The fourth-order valence-corrected chi connectivity index (χ4v) is 4.54. The SMILES string of the molecule is Cc1nn([C@@H](C)CC(=O)N2CCC[C@@H](c3nc4ccccc4cc3N)C2)c(C)c1C. The van der Waals surface area contributed by atoms with Crippen molar-refractivity contribution in [2.75, 3.05) is 18.8 Å². The highest BCUT2D eigenvalue weighted by Crippen LogP contribution is 2.32. The molecule has 1 aliphatic heterocycles. The lowest BCUT2D eigenvalue weighted by atomic mass is 9.92. The van der Waals surface area contributed by atoms with Gasteiger partial charge in [-0.05, 0) is 58.2 Å². The minimum absolute atomic E-state index is 0.0362. The molecule has 158 valence electrons. The lowest BCUT2D eigenvalue weighted by Crippen LogP contribution is -2.40. The monoisotopic (exact) mass is 405 g/mol. The average Bonchev–Trinajstić information content (AvgIpc) is 3.00. The van der Waals surface area contributed by atoms with E-state index in [-0.39, 0.29) is 17.9 Å². The summed E-state index contributed by atoms with van der Waals surface area (Å²) in [6.07, 6.45) is 2.43. The van der Waals surface area contributed by atoms with Gasteiger partial charge in [0.05, 0.1) is 28.6 Å². The van der Waals surface area contributed by atoms with E-state index in [9.17, 15) is 4.79 Å². The summed E-state index contributed by atoms with van der Waals surface area (Å²) in [7, 11) is 0. The molecule has 1 fully saturated rings. The van der Waals surface area contributed by atoms with Crippen molar-refractivity contribution in [2.24, 2.45) is 0 Å². The molecule has 3 heterocycles. The van der Waals surface area contributed by atoms with Gasteiger partial charge in [0.2, 0.25) is 5.91 Å². The van der Waals surface area contributed by atoms with Gasteiger partial charge in [0, 0.05) is 36.5 Å². The van der Waals surface area contributed by atoms with Gasteiger partial charge >= 0.3 is 0 Å². The van der Waals surface area contributed by atoms with E-state index < -0.39 is 0 Å². The molecule has 0 saturated carbocycles. The molecular formula is C24H31N5O. The first-order valence-electron chi connectivity index (χ1n) is 10.8. The number of nitrogen functional groups attached to an aromatic ring is 1. The van der Waals surface area contributed by atoms with E-state index in [1.807, 2.05) is 46.8 Å². The zero-order valence-corrected chi connectivity index (χ0v) is 18.4. The van der Waals surface area contributed by atoms with Crippen LogP contribution in [0.15, 0.2) is 30.3 Å². The predicted octanol–water partition coefficient (Wildman–Crippen LogP) is 4.30. The summed E-state index contributed by atoms with van der Waals surface area (Å²) in [5.74, 6) is 0.357. The van der Waals surface area contributed by atoms with Gasteiger partial charge in [-0.3, -0.25) is 14.5 Å². The molecule has 6 nitrogen and oxygen atoms in total. The molecule has 1 amide bonds. The number of amides is 1. The molecule has 2 aromatic heterocycles. The summed E-state index contributed by atoms with van der Waals surface area (Å²) in [6, 6.07) is 10.1. The number of para-hydroxylation sites is 1. The number of piperidine rings is 1. The fraction of sp³-hybridized carbons (Fsp3) is 0.458. The number of likely N-dealkylation sites (tertiary alicyclic amines) is 1. The van der Waals surface area contributed by atoms with E-state index in [4.69, 9.17) is 10.7 Å². The van der Waals surface area contributed by atoms with Gasteiger partial charge in [-0.2, -0.15) is 5.10 Å². The van der Waals surface area contributed by atoms with Crippen molar-refractivity contribution in [3.63, 3.8) is 0 Å². The standard InChI is InChI=1S/C24H31N5O/c1-15(29-18(4)16(2)17(3)27-29)12-23(30)28-11-7-9-20(14-28)24-21(25)13-19-8-5-6-10-22(19)26-24/h5-6,8,10,13,15,20H,7,9,11-12,14,25H2,1-4H3/t15-,20+/m0/s1. The lowest BCUT2D eigenvalue weighted by molar-refractivity contribution is -0.133. The molecule has 1 aliphatic rings. The number of carbonyl (C=O) groups excluding carboxylic acids is 1. The van der Waals surface area contributed by atoms with Gasteiger partial charge in [0.1, 0.15) is 0 Å². The molecule has 6 heteroatoms. The number of benzene rings is 1. The summed E-state index contributed by atoms with van der Waals surface area (Å²) in [6.45, 7) is 9.72. The van der Waals surface area contributed by atoms with Crippen LogP contribution in [0.5, 0.6) is 0 Å². The van der Waals surface area contributed by atoms with Gasteiger partial charge in [-0.15, -0.1) is 0 Å². The Hall–Kier alpha value is -2.89. The Labute approximate surface area is 178 Å². The maximum Gasteiger partial charge on any atom is 0.224 e. The van der Waals surface area contributed by atoms with Crippen molar-refractivity contribution >= 4 is 22.5 Å². The van der Waals surface area contributed by atoms with Crippen LogP contribution in [0.25, 0.3) is 10.9 Å². The maximum absolute atomic E-state index is 13.1. The number of aryl methyl sites for hydroxylation is 1. The van der Waals surface area contributed by atoms with Crippen LogP contribution in [0.4, 0.5) is 5.69 Å². The molecule has 0 bridgehead atoms. The number of anilines is 1. The molecule has 0 aliphatic carbocycles. The van der Waals surface area contributed by atoms with Crippen LogP contribution in [0.3, 0.4) is 0 Å². The van der Waals surface area contributed by atoms with Crippen molar-refractivity contribution in [1.29, 1.82) is 0 Å². The van der Waals surface area contributed by atoms with E-state index in [1.165, 1.54) is 5.56 Å². The van der Waals surface area contributed by atoms with Crippen molar-refractivity contribution < 1.29 is 4.79 Å². The Morgan fingerprint density at radius 2 is 2.03 bits per heavy atom. The van der Waals surface area contributed by atoms with Gasteiger partial charge in [0.15, 0.2) is 0 Å². The second kappa shape index (κ2) is 8.09. The second-order valence-corrected chi connectivity index (χ2v) is 8.63. The first-order valence-corrected chi connectivity index (χ1v) is 10.8. The number of aromatic nitrogens is 3. The molecule has 0 radical (unpaired) electrons. The summed E-state index contributed by atoms with van der Waals surface area (Å²) < 4.78 is 1.99. The van der Waals surface area contributed by atoms with E-state index in [2.05, 4.69) is 25.9 Å². The topological polar surface area (TPSA) is 77.0 Å². The molecule has 1 aromatic carbocycles. The third-order valence-corrected chi connectivity index (χ3v) is 6.52. The van der Waals surface area contributed by atoms with Crippen LogP contribution in [0, 0.1) is 20.8 Å². The van der Waals surface area contributed by atoms with E-state index in [0.717, 1.165) is 53.1 Å². The Balaban J connectivity index is 1.49. The first kappa shape index (κ1) is 20.4. The minimum atomic E-state index is 0.0362. The van der Waals surface area contributed by atoms with Gasteiger partial charge in [-0.1, -0.05) is 18.2 Å². The highest BCUT2D eigenvalue weighted by Gasteiger charge is 2.28. The van der Waals surface area contributed by atoms with Crippen LogP contribution in [-0.4, -0.2) is 38.7 Å². The average molecular weight is 406 g/mol. The van der Waals surface area contributed by atoms with Crippen LogP contribution in [0.1, 0.15) is 60.8 Å². The molecule has 0 spiro atoms. The highest BCUT2D eigenvalue weighted by molar-refractivity contribution is 5.82. The molecule has 2 N–H and O–H groups in total. The lowest BCUT2D eigenvalue weighted by Gasteiger charge is -2.33. The number of hydrogen-bond acceptors (Lipinski definition) is 4. The fourth-order valence-electron chi connectivity index (χ4n) is 4.54. The largest absolute Gasteiger partial charge is 0.397 e. The molecule has 0 unspecified atom stereocenters. The first-order chi connectivity index (χ1) is 14.3. The van der Waals surface area contributed by atoms with Crippen LogP contribution in [-0.2, 0) is 4.79 Å². The highest BCUT2D eigenvalue weighted by atomic mass is 16.2. The number of rotatable bonds is 4. The van der Waals surface area contributed by atoms with Gasteiger partial charge in [-0.25, -0.2) is 0 Å². The molecule has 3 aromatic rings. The van der Waals surface area contributed by atoms with E-state index >= 15 is 0 Å². The molecular weight excluding hydrogens is 374 g/mol. The Kier molecular flexibility index (Phi) is 5.50. The smallest absolute Gasteiger partial charge is 0.224 e. The maximum atomic E-state index is 13.1. The second-order valence-electron chi connectivity index (χ2n) is 8.63. The number of fused-ring (bicyclic) bond motifs is 1. The van der Waals surface area contributed by atoms with Crippen molar-refractivity contribution in [3.05, 3.63) is 53.0 Å². The van der Waals surface area contributed by atoms with Crippen LogP contribution in [0.2, 0.25) is 0 Å².